The van der Waals surface area contributed by atoms with Gasteiger partial charge in [0.15, 0.2) is 0 Å². The van der Waals surface area contributed by atoms with E-state index in [2.05, 4.69) is 0 Å². The summed E-state index contributed by atoms with van der Waals surface area (Å²) >= 11 is 0. The monoisotopic (exact) mass is 322 g/mol. The maximum absolute atomic E-state index is 12.2. The predicted molar refractivity (Wildman–Crippen MR) is 71.7 cm³/mol. The van der Waals surface area contributed by atoms with Crippen molar-refractivity contribution in [3.63, 3.8) is 0 Å². The number of halogens is 2. The third-order valence-corrected chi connectivity index (χ3v) is 3.66. The number of sulfonamides is 1. The Bertz CT molecular complexity index is 620. The van der Waals surface area contributed by atoms with Crippen molar-refractivity contribution in [2.24, 2.45) is 5.14 Å². The molecule has 0 fully saturated rings. The molecule has 1 aromatic rings. The van der Waals surface area contributed by atoms with Crippen molar-refractivity contribution in [3.05, 3.63) is 23.8 Å². The van der Waals surface area contributed by atoms with Gasteiger partial charge >= 0.3 is 0 Å². The van der Waals surface area contributed by atoms with Crippen LogP contribution in [0.2, 0.25) is 0 Å². The van der Waals surface area contributed by atoms with E-state index in [1.165, 1.54) is 32.4 Å². The summed E-state index contributed by atoms with van der Waals surface area (Å²) in [4.78, 5) is 12.4. The molecule has 2 N–H and O–H groups in total. The van der Waals surface area contributed by atoms with Gasteiger partial charge in [-0.2, -0.15) is 0 Å². The van der Waals surface area contributed by atoms with Gasteiger partial charge in [0.05, 0.1) is 20.1 Å². The number of rotatable bonds is 6. The number of nitrogens with zero attached hydrogens (tertiary/aromatic N) is 1. The van der Waals surface area contributed by atoms with E-state index >= 15 is 0 Å². The number of carbonyl (C=O) groups excluding carboxylic acids is 1. The average Bonchev–Trinajstić information content (AvgIpc) is 2.36. The molecule has 1 aromatic carbocycles. The molecule has 0 bridgehead atoms. The van der Waals surface area contributed by atoms with E-state index in [9.17, 15) is 22.0 Å². The molecule has 6 nitrogen and oxygen atoms in total. The number of likely N-dealkylation sites (N-methyl/N-ethyl adjacent to an activating group) is 1. The average molecular weight is 322 g/mol. The summed E-state index contributed by atoms with van der Waals surface area (Å²) < 4.78 is 52.1. The van der Waals surface area contributed by atoms with E-state index in [-0.39, 0.29) is 17.1 Å². The summed E-state index contributed by atoms with van der Waals surface area (Å²) in [6, 6.07) is 4.03. The molecular weight excluding hydrogens is 306 g/mol. The second-order valence-electron chi connectivity index (χ2n) is 4.37. The minimum atomic E-state index is -4.01. The van der Waals surface area contributed by atoms with Gasteiger partial charge in [0.2, 0.25) is 15.9 Å². The largest absolute Gasteiger partial charge is 0.495 e. The molecule has 1 amide bonds. The van der Waals surface area contributed by atoms with Gasteiger partial charge in [-0.25, -0.2) is 22.3 Å². The number of hydrogen-bond acceptors (Lipinski definition) is 4. The van der Waals surface area contributed by atoms with Crippen LogP contribution in [-0.4, -0.2) is 46.4 Å². The minimum absolute atomic E-state index is 0.0506. The van der Waals surface area contributed by atoms with Gasteiger partial charge in [0, 0.05) is 7.05 Å². The summed E-state index contributed by atoms with van der Waals surface area (Å²) in [5.74, 6) is -0.504. The Morgan fingerprint density at radius 2 is 2.05 bits per heavy atom. The Labute approximate surface area is 121 Å². The number of methoxy groups -OCH3 is 1. The zero-order chi connectivity index (χ0) is 16.2. The van der Waals surface area contributed by atoms with E-state index in [1.54, 1.807) is 0 Å². The highest BCUT2D eigenvalue weighted by Gasteiger charge is 2.18. The lowest BCUT2D eigenvalue weighted by Crippen LogP contribution is -2.32. The SMILES string of the molecule is COc1ccc(CC(=O)N(C)CC(F)F)cc1S(N)(=O)=O. The fourth-order valence-electron chi connectivity index (χ4n) is 1.67. The molecule has 0 radical (unpaired) electrons. The van der Waals surface area contributed by atoms with E-state index in [0.29, 0.717) is 5.56 Å². The van der Waals surface area contributed by atoms with E-state index in [0.717, 1.165) is 4.90 Å². The van der Waals surface area contributed by atoms with Crippen LogP contribution >= 0.6 is 0 Å². The highest BCUT2D eigenvalue weighted by Crippen LogP contribution is 2.24. The molecule has 0 aliphatic rings. The first-order valence-corrected chi connectivity index (χ1v) is 7.41. The van der Waals surface area contributed by atoms with Crippen molar-refractivity contribution in [1.82, 2.24) is 4.90 Å². The molecule has 0 atom stereocenters. The number of nitrogens with two attached hydrogens (primary N) is 1. The summed E-state index contributed by atoms with van der Waals surface area (Å²) in [6.07, 6.45) is -2.84. The molecule has 9 heteroatoms. The first-order chi connectivity index (χ1) is 9.65. The zero-order valence-electron chi connectivity index (χ0n) is 11.5. The Balaban J connectivity index is 2.98. The molecule has 0 saturated carbocycles. The summed E-state index contributed by atoms with van der Waals surface area (Å²) in [5.41, 5.74) is 0.339. The molecule has 0 aliphatic heterocycles. The zero-order valence-corrected chi connectivity index (χ0v) is 12.4. The lowest BCUT2D eigenvalue weighted by Gasteiger charge is -2.17. The number of amides is 1. The van der Waals surface area contributed by atoms with Gasteiger partial charge < -0.3 is 9.64 Å². The van der Waals surface area contributed by atoms with Gasteiger partial charge in [0.25, 0.3) is 6.43 Å². The summed E-state index contributed by atoms with van der Waals surface area (Å²) in [6.45, 7) is -0.683. The van der Waals surface area contributed by atoms with Crippen LogP contribution in [0.1, 0.15) is 5.56 Å². The van der Waals surface area contributed by atoms with Gasteiger partial charge in [-0.15, -0.1) is 0 Å². The van der Waals surface area contributed by atoms with E-state index < -0.39 is 28.9 Å². The van der Waals surface area contributed by atoms with Crippen LogP contribution < -0.4 is 9.88 Å². The van der Waals surface area contributed by atoms with Crippen LogP contribution in [0.5, 0.6) is 5.75 Å². The molecule has 1 rings (SSSR count). The Morgan fingerprint density at radius 1 is 1.43 bits per heavy atom. The maximum Gasteiger partial charge on any atom is 0.255 e. The van der Waals surface area contributed by atoms with Crippen LogP contribution in [0.4, 0.5) is 8.78 Å². The van der Waals surface area contributed by atoms with Crippen LogP contribution in [0.15, 0.2) is 23.1 Å². The molecule has 0 spiro atoms. The molecule has 21 heavy (non-hydrogen) atoms. The molecule has 0 saturated heterocycles. The van der Waals surface area contributed by atoms with Crippen molar-refractivity contribution in [1.29, 1.82) is 0 Å². The lowest BCUT2D eigenvalue weighted by molar-refractivity contribution is -0.130. The second-order valence-corrected chi connectivity index (χ2v) is 5.90. The lowest BCUT2D eigenvalue weighted by atomic mass is 10.1. The van der Waals surface area contributed by atoms with E-state index in [1.807, 2.05) is 0 Å². The smallest absolute Gasteiger partial charge is 0.255 e. The number of hydrogen-bond donors (Lipinski definition) is 1. The van der Waals surface area contributed by atoms with Crippen LogP contribution in [0, 0.1) is 0 Å². The summed E-state index contributed by atoms with van der Waals surface area (Å²) in [7, 11) is -1.48. The van der Waals surface area contributed by atoms with Crippen molar-refractivity contribution in [2.75, 3.05) is 20.7 Å². The molecule has 0 aliphatic carbocycles. The predicted octanol–water partition coefficient (Wildman–Crippen LogP) is 0.609. The number of ether oxygens (including phenoxy) is 1. The standard InChI is InChI=1S/C12H16F2N2O4S/c1-16(7-11(13)14)12(17)6-8-3-4-9(20-2)10(5-8)21(15,18)19/h3-5,11H,6-7H2,1-2H3,(H2,15,18,19). The third kappa shape index (κ3) is 4.94. The third-order valence-electron chi connectivity index (χ3n) is 2.73. The molecular formula is C12H16F2N2O4S. The number of alkyl halides is 2. The molecule has 118 valence electrons. The number of carbonyl (C=O) groups is 1. The molecule has 0 unspecified atom stereocenters. The van der Waals surface area contributed by atoms with Gasteiger partial charge in [0.1, 0.15) is 10.6 Å². The number of primary sulfonamides is 1. The second kappa shape index (κ2) is 6.81. The van der Waals surface area contributed by atoms with Crippen LogP contribution in [0.25, 0.3) is 0 Å². The highest BCUT2D eigenvalue weighted by atomic mass is 32.2. The van der Waals surface area contributed by atoms with Gasteiger partial charge in [-0.05, 0) is 17.7 Å². The topological polar surface area (TPSA) is 89.7 Å². The van der Waals surface area contributed by atoms with Gasteiger partial charge in [-0.1, -0.05) is 6.07 Å². The quantitative estimate of drug-likeness (QED) is 0.831. The van der Waals surface area contributed by atoms with Crippen molar-refractivity contribution in [2.45, 2.75) is 17.7 Å². The Hall–Kier alpha value is -1.74. The van der Waals surface area contributed by atoms with Crippen LogP contribution in [0.3, 0.4) is 0 Å². The minimum Gasteiger partial charge on any atom is -0.495 e. The first kappa shape index (κ1) is 17.3. The van der Waals surface area contributed by atoms with Crippen molar-refractivity contribution in [3.8, 4) is 5.75 Å². The normalized spacial score (nSPS) is 11.5. The van der Waals surface area contributed by atoms with E-state index in [4.69, 9.17) is 9.88 Å². The molecule has 0 heterocycles. The summed E-state index contributed by atoms with van der Waals surface area (Å²) in [5, 5.41) is 5.06. The maximum atomic E-state index is 12.2. The van der Waals surface area contributed by atoms with Gasteiger partial charge in [-0.3, -0.25) is 4.79 Å². The van der Waals surface area contributed by atoms with Crippen molar-refractivity contribution < 1.29 is 26.7 Å². The first-order valence-electron chi connectivity index (χ1n) is 5.87. The fourth-order valence-corrected chi connectivity index (χ4v) is 2.42. The highest BCUT2D eigenvalue weighted by molar-refractivity contribution is 7.89. The Kier molecular flexibility index (Phi) is 5.62. The van der Waals surface area contributed by atoms with Crippen LogP contribution in [-0.2, 0) is 21.2 Å². The fraction of sp³-hybridized carbons (Fsp3) is 0.417. The Morgan fingerprint density at radius 3 is 2.52 bits per heavy atom. The van der Waals surface area contributed by atoms with Crippen molar-refractivity contribution >= 4 is 15.9 Å². The molecule has 0 aromatic heterocycles. The number of benzene rings is 1.